The molecule has 4 nitrogen and oxygen atoms in total. The summed E-state index contributed by atoms with van der Waals surface area (Å²) >= 11 is 0. The van der Waals surface area contributed by atoms with E-state index >= 15 is 0 Å². The largest absolute Gasteiger partial charge is 0.379 e. The minimum absolute atomic E-state index is 0.0742. The number of carbonyl (C=O) groups excluding carboxylic acids is 1. The molecule has 3 heterocycles. The van der Waals surface area contributed by atoms with E-state index in [0.29, 0.717) is 18.6 Å². The molecule has 3 fully saturated rings. The molecule has 23 heavy (non-hydrogen) atoms. The maximum absolute atomic E-state index is 13.1. The maximum Gasteiger partial charge on any atom is 0.228 e. The van der Waals surface area contributed by atoms with Gasteiger partial charge in [0.1, 0.15) is 0 Å². The lowest BCUT2D eigenvalue weighted by atomic mass is 9.87. The second-order valence-corrected chi connectivity index (χ2v) is 7.00. The number of nitrogens with zero attached hydrogens (tertiary/aromatic N) is 1. The van der Waals surface area contributed by atoms with Crippen LogP contribution in [0.5, 0.6) is 0 Å². The number of carbonyl (C=O) groups is 1. The maximum atomic E-state index is 13.1. The van der Waals surface area contributed by atoms with Crippen LogP contribution in [0.15, 0.2) is 30.3 Å². The molecule has 3 aliphatic rings. The summed E-state index contributed by atoms with van der Waals surface area (Å²) in [6.07, 6.45) is 5.45. The summed E-state index contributed by atoms with van der Waals surface area (Å²) in [7, 11) is 0. The first-order valence-electron chi connectivity index (χ1n) is 8.89. The Morgan fingerprint density at radius 3 is 2.70 bits per heavy atom. The van der Waals surface area contributed by atoms with Crippen LogP contribution >= 0.6 is 0 Å². The Hall–Kier alpha value is -1.39. The molecule has 0 radical (unpaired) electrons. The van der Waals surface area contributed by atoms with Crippen molar-refractivity contribution < 1.29 is 14.3 Å². The molecule has 0 spiro atoms. The van der Waals surface area contributed by atoms with Gasteiger partial charge in [-0.15, -0.1) is 0 Å². The summed E-state index contributed by atoms with van der Waals surface area (Å²) in [5.74, 6) is 0.369. The zero-order valence-corrected chi connectivity index (χ0v) is 13.5. The molecule has 124 valence electrons. The van der Waals surface area contributed by atoms with Crippen molar-refractivity contribution in [1.29, 1.82) is 0 Å². The Balaban J connectivity index is 1.45. The molecule has 0 saturated carbocycles. The van der Waals surface area contributed by atoms with Gasteiger partial charge in [0.15, 0.2) is 0 Å². The van der Waals surface area contributed by atoms with E-state index in [1.54, 1.807) is 0 Å². The highest BCUT2D eigenvalue weighted by Crippen LogP contribution is 2.40. The van der Waals surface area contributed by atoms with Crippen molar-refractivity contribution in [3.63, 3.8) is 0 Å². The molecule has 4 rings (SSSR count). The van der Waals surface area contributed by atoms with E-state index in [-0.39, 0.29) is 18.1 Å². The van der Waals surface area contributed by atoms with Crippen LogP contribution < -0.4 is 0 Å². The molecule has 1 amide bonds. The van der Waals surface area contributed by atoms with Crippen LogP contribution in [0.25, 0.3) is 0 Å². The van der Waals surface area contributed by atoms with Gasteiger partial charge < -0.3 is 14.4 Å². The highest BCUT2D eigenvalue weighted by Gasteiger charge is 2.46. The molecule has 0 aliphatic carbocycles. The zero-order chi connectivity index (χ0) is 15.6. The normalized spacial score (nSPS) is 32.3. The summed E-state index contributed by atoms with van der Waals surface area (Å²) in [4.78, 5) is 15.2. The molecular formula is C19H25NO3. The Morgan fingerprint density at radius 2 is 2.04 bits per heavy atom. The van der Waals surface area contributed by atoms with Gasteiger partial charge in [-0.2, -0.15) is 0 Å². The number of rotatable bonds is 5. The molecule has 1 aromatic carbocycles. The van der Waals surface area contributed by atoms with Gasteiger partial charge in [0.25, 0.3) is 0 Å². The molecule has 3 aliphatic heterocycles. The molecule has 1 aromatic rings. The molecule has 3 saturated heterocycles. The van der Waals surface area contributed by atoms with E-state index in [2.05, 4.69) is 29.2 Å². The van der Waals surface area contributed by atoms with Crippen molar-refractivity contribution in [3.05, 3.63) is 35.9 Å². The Kier molecular flexibility index (Phi) is 4.36. The lowest BCUT2D eigenvalue weighted by Crippen LogP contribution is -2.47. The fraction of sp³-hybridized carbons (Fsp3) is 0.632. The first-order valence-corrected chi connectivity index (χ1v) is 8.89. The Morgan fingerprint density at radius 1 is 1.17 bits per heavy atom. The predicted molar refractivity (Wildman–Crippen MR) is 87.1 cm³/mol. The highest BCUT2D eigenvalue weighted by atomic mass is 16.5. The summed E-state index contributed by atoms with van der Waals surface area (Å²) in [6, 6.07) is 10.7. The van der Waals surface area contributed by atoms with Crippen LogP contribution in [0, 0.1) is 5.92 Å². The van der Waals surface area contributed by atoms with Gasteiger partial charge in [-0.05, 0) is 37.7 Å². The third-order valence-electron chi connectivity index (χ3n) is 5.54. The standard InChI is InChI=1S/C19H25NO3/c21-19(17-12-16-6-7-18(17)23-16)20(15-9-11-22-13-15)10-8-14-4-2-1-3-5-14/h1-5,15-18H,6-13H2/t15-,16+,17-,18+/m0/s1. The van der Waals surface area contributed by atoms with Crippen LogP contribution in [-0.2, 0) is 20.7 Å². The summed E-state index contributed by atoms with van der Waals surface area (Å²) in [6.45, 7) is 2.24. The van der Waals surface area contributed by atoms with Crippen LogP contribution in [0.1, 0.15) is 31.2 Å². The number of amides is 1. The third kappa shape index (κ3) is 3.15. The third-order valence-corrected chi connectivity index (χ3v) is 5.54. The van der Waals surface area contributed by atoms with Crippen LogP contribution in [0.2, 0.25) is 0 Å². The monoisotopic (exact) mass is 315 g/mol. The number of benzene rings is 1. The molecule has 2 bridgehead atoms. The summed E-state index contributed by atoms with van der Waals surface area (Å²) in [5.41, 5.74) is 1.29. The van der Waals surface area contributed by atoms with Gasteiger partial charge in [0, 0.05) is 13.2 Å². The van der Waals surface area contributed by atoms with Crippen LogP contribution in [0.4, 0.5) is 0 Å². The minimum Gasteiger partial charge on any atom is -0.379 e. The SMILES string of the molecule is O=C([C@H]1C[C@H]2CC[C@H]1O2)N(CCc1ccccc1)[C@H]1CCOC1. The van der Waals surface area contributed by atoms with Crippen molar-refractivity contribution >= 4 is 5.91 Å². The number of ether oxygens (including phenoxy) is 2. The number of hydrogen-bond acceptors (Lipinski definition) is 3. The van der Waals surface area contributed by atoms with Gasteiger partial charge in [0.2, 0.25) is 5.91 Å². The van der Waals surface area contributed by atoms with E-state index in [4.69, 9.17) is 9.47 Å². The van der Waals surface area contributed by atoms with Crippen molar-refractivity contribution in [2.75, 3.05) is 19.8 Å². The van der Waals surface area contributed by atoms with E-state index in [1.165, 1.54) is 5.56 Å². The summed E-state index contributed by atoms with van der Waals surface area (Å²) < 4.78 is 11.4. The predicted octanol–water partition coefficient (Wildman–Crippen LogP) is 2.41. The van der Waals surface area contributed by atoms with Crippen molar-refractivity contribution in [1.82, 2.24) is 4.90 Å². The second kappa shape index (κ2) is 6.62. The first-order chi connectivity index (χ1) is 11.3. The van der Waals surface area contributed by atoms with Gasteiger partial charge in [-0.3, -0.25) is 4.79 Å². The molecule has 4 atom stereocenters. The van der Waals surface area contributed by atoms with E-state index in [1.807, 2.05) is 6.07 Å². The lowest BCUT2D eigenvalue weighted by Gasteiger charge is -2.32. The van der Waals surface area contributed by atoms with Crippen LogP contribution in [0.3, 0.4) is 0 Å². The molecule has 0 aromatic heterocycles. The lowest BCUT2D eigenvalue weighted by molar-refractivity contribution is -0.139. The van der Waals surface area contributed by atoms with E-state index in [0.717, 1.165) is 45.3 Å². The zero-order valence-electron chi connectivity index (χ0n) is 13.5. The van der Waals surface area contributed by atoms with Gasteiger partial charge in [0.05, 0.1) is 30.8 Å². The Labute approximate surface area is 137 Å². The fourth-order valence-corrected chi connectivity index (χ4v) is 4.25. The molecular weight excluding hydrogens is 290 g/mol. The second-order valence-electron chi connectivity index (χ2n) is 7.00. The smallest absolute Gasteiger partial charge is 0.228 e. The van der Waals surface area contributed by atoms with Crippen molar-refractivity contribution in [3.8, 4) is 0 Å². The topological polar surface area (TPSA) is 38.8 Å². The van der Waals surface area contributed by atoms with Crippen molar-refractivity contribution in [2.24, 2.45) is 5.92 Å². The number of hydrogen-bond donors (Lipinski definition) is 0. The molecule has 4 heteroatoms. The number of fused-ring (bicyclic) bond motifs is 2. The van der Waals surface area contributed by atoms with Gasteiger partial charge in [-0.25, -0.2) is 0 Å². The first kappa shape index (κ1) is 15.2. The van der Waals surface area contributed by atoms with Gasteiger partial charge in [-0.1, -0.05) is 30.3 Å². The van der Waals surface area contributed by atoms with Crippen molar-refractivity contribution in [2.45, 2.75) is 50.4 Å². The molecule has 0 unspecified atom stereocenters. The molecule has 0 N–H and O–H groups in total. The minimum atomic E-state index is 0.0742. The van der Waals surface area contributed by atoms with E-state index in [9.17, 15) is 4.79 Å². The quantitative estimate of drug-likeness (QED) is 0.837. The average Bonchev–Trinajstić information content (AvgIpc) is 3.33. The average molecular weight is 315 g/mol. The van der Waals surface area contributed by atoms with E-state index < -0.39 is 0 Å². The van der Waals surface area contributed by atoms with Gasteiger partial charge >= 0.3 is 0 Å². The fourth-order valence-electron chi connectivity index (χ4n) is 4.25. The Bertz CT molecular complexity index is 541. The highest BCUT2D eigenvalue weighted by molar-refractivity contribution is 5.80. The van der Waals surface area contributed by atoms with Crippen LogP contribution in [-0.4, -0.2) is 48.8 Å². The summed E-state index contributed by atoms with van der Waals surface area (Å²) in [5, 5.41) is 0.